The molecule has 1 aromatic carbocycles. The van der Waals surface area contributed by atoms with Crippen LogP contribution in [0.5, 0.6) is 0 Å². The Labute approximate surface area is 163 Å². The quantitative estimate of drug-likeness (QED) is 0.813. The number of anilines is 2. The number of nitrogens with zero attached hydrogens (tertiary/aromatic N) is 4. The number of amides is 2. The molecule has 0 spiro atoms. The number of carbonyl (C=O) groups excluding carboxylic acids is 2. The fraction of sp³-hybridized carbons (Fsp3) is 0.450. The van der Waals surface area contributed by atoms with Crippen LogP contribution in [0.25, 0.3) is 11.1 Å². The number of aromatic nitrogens is 2. The minimum Gasteiger partial charge on any atom is -0.449 e. The first-order chi connectivity index (χ1) is 13.5. The molecule has 0 N–H and O–H groups in total. The van der Waals surface area contributed by atoms with Crippen LogP contribution in [0.3, 0.4) is 0 Å². The van der Waals surface area contributed by atoms with Crippen molar-refractivity contribution in [3.05, 3.63) is 30.6 Å². The van der Waals surface area contributed by atoms with Crippen LogP contribution in [0.15, 0.2) is 30.6 Å². The zero-order valence-electron chi connectivity index (χ0n) is 16.3. The summed E-state index contributed by atoms with van der Waals surface area (Å²) in [6, 6.07) is 5.90. The Kier molecular flexibility index (Phi) is 4.80. The van der Waals surface area contributed by atoms with Gasteiger partial charge in [0.15, 0.2) is 0 Å². The fourth-order valence-corrected chi connectivity index (χ4v) is 3.72. The molecule has 2 amide bonds. The maximum absolute atomic E-state index is 12.5. The van der Waals surface area contributed by atoms with Crippen LogP contribution in [0.1, 0.15) is 26.8 Å². The van der Waals surface area contributed by atoms with E-state index in [1.54, 1.807) is 23.6 Å². The smallest absolute Gasteiger partial charge is 0.414 e. The van der Waals surface area contributed by atoms with Gasteiger partial charge in [0.05, 0.1) is 49.5 Å². The first-order valence-electron chi connectivity index (χ1n) is 9.50. The molecule has 1 fully saturated rings. The van der Waals surface area contributed by atoms with E-state index in [0.29, 0.717) is 37.7 Å². The van der Waals surface area contributed by atoms with E-state index < -0.39 is 6.09 Å². The summed E-state index contributed by atoms with van der Waals surface area (Å²) < 4.78 is 12.4. The molecule has 1 saturated heterocycles. The zero-order chi connectivity index (χ0) is 19.8. The van der Waals surface area contributed by atoms with E-state index in [1.807, 2.05) is 42.2 Å². The second-order valence-electron chi connectivity index (χ2n) is 7.15. The number of benzene rings is 1. The third-order valence-electron chi connectivity index (χ3n) is 5.17. The van der Waals surface area contributed by atoms with Crippen LogP contribution < -0.4 is 9.80 Å². The van der Waals surface area contributed by atoms with Gasteiger partial charge in [-0.05, 0) is 31.5 Å². The first kappa shape index (κ1) is 18.5. The van der Waals surface area contributed by atoms with Gasteiger partial charge in [-0.1, -0.05) is 6.07 Å². The number of hydrogen-bond donors (Lipinski definition) is 0. The van der Waals surface area contributed by atoms with Gasteiger partial charge < -0.3 is 14.4 Å². The van der Waals surface area contributed by atoms with Crippen LogP contribution in [0.4, 0.5) is 16.2 Å². The molecule has 2 aromatic rings. The van der Waals surface area contributed by atoms with Gasteiger partial charge in [-0.15, -0.1) is 0 Å². The number of carbonyl (C=O) groups is 2. The van der Waals surface area contributed by atoms with Crippen molar-refractivity contribution in [3.63, 3.8) is 0 Å². The molecule has 0 radical (unpaired) electrons. The summed E-state index contributed by atoms with van der Waals surface area (Å²) in [5.74, 6) is -0.0530. The number of ether oxygens (including phenoxy) is 2. The van der Waals surface area contributed by atoms with E-state index >= 15 is 0 Å². The summed E-state index contributed by atoms with van der Waals surface area (Å²) in [6.07, 6.45) is 3.39. The summed E-state index contributed by atoms with van der Waals surface area (Å²) in [6.45, 7) is 7.27. The van der Waals surface area contributed by atoms with Crippen molar-refractivity contribution in [3.8, 4) is 11.1 Å². The topological polar surface area (TPSA) is 76.9 Å². The van der Waals surface area contributed by atoms with E-state index in [9.17, 15) is 9.59 Å². The first-order valence-corrected chi connectivity index (χ1v) is 9.50. The summed E-state index contributed by atoms with van der Waals surface area (Å²) in [5.41, 5.74) is 3.26. The lowest BCUT2D eigenvalue weighted by molar-refractivity contribution is -0.117. The Balaban J connectivity index is 1.74. The highest BCUT2D eigenvalue weighted by Crippen LogP contribution is 2.39. The second kappa shape index (κ2) is 7.27. The standard InChI is InChI=1S/C20H24N4O4/c1-4-28-20(26)22-9-13(2)24(14(3)25)18-6-5-15(7-19(18)22)16-8-21-23(10-16)17-11-27-12-17/h5-8,10,13,17H,4,9,11-12H2,1-3H3. The van der Waals surface area contributed by atoms with Crippen molar-refractivity contribution < 1.29 is 19.1 Å². The van der Waals surface area contributed by atoms with Crippen molar-refractivity contribution in [1.29, 1.82) is 0 Å². The maximum Gasteiger partial charge on any atom is 0.414 e. The number of hydrogen-bond acceptors (Lipinski definition) is 5. The van der Waals surface area contributed by atoms with Crippen molar-refractivity contribution >= 4 is 23.4 Å². The van der Waals surface area contributed by atoms with E-state index in [0.717, 1.165) is 11.1 Å². The van der Waals surface area contributed by atoms with Crippen LogP contribution in [-0.4, -0.2) is 54.2 Å². The van der Waals surface area contributed by atoms with Crippen LogP contribution >= 0.6 is 0 Å². The van der Waals surface area contributed by atoms with Gasteiger partial charge in [-0.2, -0.15) is 5.10 Å². The summed E-state index contributed by atoms with van der Waals surface area (Å²) in [5, 5.41) is 4.43. The lowest BCUT2D eigenvalue weighted by atomic mass is 10.0. The average Bonchev–Trinajstić information content (AvgIpc) is 3.08. The molecule has 0 bridgehead atoms. The average molecular weight is 384 g/mol. The molecule has 1 atom stereocenters. The molecule has 0 aliphatic carbocycles. The Morgan fingerprint density at radius 2 is 2.04 bits per heavy atom. The molecule has 28 heavy (non-hydrogen) atoms. The maximum atomic E-state index is 12.5. The highest BCUT2D eigenvalue weighted by molar-refractivity contribution is 6.03. The van der Waals surface area contributed by atoms with E-state index in [2.05, 4.69) is 5.10 Å². The van der Waals surface area contributed by atoms with Crippen molar-refractivity contribution in [2.75, 3.05) is 36.2 Å². The molecular formula is C20H24N4O4. The van der Waals surface area contributed by atoms with Gasteiger partial charge >= 0.3 is 6.09 Å². The minimum absolute atomic E-state index is 0.0530. The van der Waals surface area contributed by atoms with Crippen LogP contribution in [0.2, 0.25) is 0 Å². The molecule has 8 nitrogen and oxygen atoms in total. The lowest BCUT2D eigenvalue weighted by Crippen LogP contribution is -2.51. The Morgan fingerprint density at radius 3 is 2.68 bits per heavy atom. The summed E-state index contributed by atoms with van der Waals surface area (Å²) in [4.78, 5) is 28.1. The molecule has 1 aromatic heterocycles. The molecular weight excluding hydrogens is 360 g/mol. The van der Waals surface area contributed by atoms with E-state index in [4.69, 9.17) is 9.47 Å². The third kappa shape index (κ3) is 3.13. The largest absolute Gasteiger partial charge is 0.449 e. The second-order valence-corrected chi connectivity index (χ2v) is 7.15. The highest BCUT2D eigenvalue weighted by atomic mass is 16.6. The number of rotatable bonds is 3. The van der Waals surface area contributed by atoms with Crippen LogP contribution in [0, 0.1) is 0 Å². The van der Waals surface area contributed by atoms with Gasteiger partial charge in [-0.3, -0.25) is 14.4 Å². The van der Waals surface area contributed by atoms with Crippen molar-refractivity contribution in [2.24, 2.45) is 0 Å². The minimum atomic E-state index is -0.404. The van der Waals surface area contributed by atoms with Crippen LogP contribution in [-0.2, 0) is 14.3 Å². The third-order valence-corrected chi connectivity index (χ3v) is 5.17. The van der Waals surface area contributed by atoms with Gasteiger partial charge in [-0.25, -0.2) is 4.79 Å². The SMILES string of the molecule is CCOC(=O)N1CC(C)N(C(C)=O)c2ccc(-c3cnn(C4COC4)c3)cc21. The highest BCUT2D eigenvalue weighted by Gasteiger charge is 2.34. The molecule has 8 heteroatoms. The van der Waals surface area contributed by atoms with E-state index in [-0.39, 0.29) is 18.0 Å². The van der Waals surface area contributed by atoms with Gasteiger partial charge in [0.1, 0.15) is 0 Å². The molecule has 4 rings (SSSR count). The van der Waals surface area contributed by atoms with Gasteiger partial charge in [0.25, 0.3) is 0 Å². The molecule has 148 valence electrons. The van der Waals surface area contributed by atoms with E-state index in [1.165, 1.54) is 0 Å². The Morgan fingerprint density at radius 1 is 1.25 bits per heavy atom. The summed E-state index contributed by atoms with van der Waals surface area (Å²) >= 11 is 0. The molecule has 3 heterocycles. The Bertz CT molecular complexity index is 905. The normalized spacial score (nSPS) is 19.2. The number of fused-ring (bicyclic) bond motifs is 1. The van der Waals surface area contributed by atoms with Crippen molar-refractivity contribution in [1.82, 2.24) is 9.78 Å². The molecule has 0 saturated carbocycles. The van der Waals surface area contributed by atoms with Gasteiger partial charge in [0, 0.05) is 25.2 Å². The zero-order valence-corrected chi connectivity index (χ0v) is 16.3. The van der Waals surface area contributed by atoms with Crippen molar-refractivity contribution in [2.45, 2.75) is 32.9 Å². The lowest BCUT2D eigenvalue weighted by Gasteiger charge is -2.40. The Hall–Kier alpha value is -2.87. The molecule has 2 aliphatic heterocycles. The van der Waals surface area contributed by atoms with Gasteiger partial charge in [0.2, 0.25) is 5.91 Å². The summed E-state index contributed by atoms with van der Waals surface area (Å²) in [7, 11) is 0. The molecule has 2 aliphatic rings. The predicted molar refractivity (Wildman–Crippen MR) is 105 cm³/mol. The predicted octanol–water partition coefficient (Wildman–Crippen LogP) is 2.84. The fourth-order valence-electron chi connectivity index (χ4n) is 3.72. The molecule has 1 unspecified atom stereocenters. The monoisotopic (exact) mass is 384 g/mol.